The van der Waals surface area contributed by atoms with Crippen molar-refractivity contribution in [1.29, 1.82) is 0 Å². The van der Waals surface area contributed by atoms with Gasteiger partial charge in [0.1, 0.15) is 0 Å². The van der Waals surface area contributed by atoms with E-state index >= 15 is 0 Å². The Morgan fingerprint density at radius 1 is 1.06 bits per heavy atom. The number of aliphatic hydroxyl groups excluding tert-OH is 1. The molecule has 1 aliphatic carbocycles. The van der Waals surface area contributed by atoms with Gasteiger partial charge in [-0.25, -0.2) is 0 Å². The molecule has 154 valence electrons. The number of aromatic carboxylic acids is 1. The minimum Gasteiger partial charge on any atom is -0.545 e. The van der Waals surface area contributed by atoms with Crippen molar-refractivity contribution in [2.24, 2.45) is 0 Å². The van der Waals surface area contributed by atoms with Crippen LogP contribution in [-0.2, 0) is 12.8 Å². The Morgan fingerprint density at radius 2 is 1.77 bits per heavy atom. The van der Waals surface area contributed by atoms with Crippen molar-refractivity contribution < 1.29 is 44.6 Å². The Hall–Kier alpha value is -1.66. The molecule has 0 aliphatic heterocycles. The van der Waals surface area contributed by atoms with Crippen LogP contribution in [0.15, 0.2) is 66.7 Å². The molecule has 31 heavy (non-hydrogen) atoms. The number of carbonyl (C=O) groups is 1. The van der Waals surface area contributed by atoms with Gasteiger partial charge in [0.2, 0.25) is 0 Å². The molecule has 0 saturated heterocycles. The zero-order valence-corrected chi connectivity index (χ0v) is 20.2. The molecule has 3 aromatic rings. The number of hydrogen-bond acceptors (Lipinski definition) is 4. The van der Waals surface area contributed by atoms with Crippen molar-refractivity contribution in [3.05, 3.63) is 94.0 Å². The van der Waals surface area contributed by atoms with E-state index in [1.165, 1.54) is 11.1 Å². The SMILES string of the molecule is O=C([O-])c1ccc(-c2ccc3c(c2)C[C@@H](NC[C@H](O)c2ccccc2Cl)CC3)cc1.[Na+]. The average molecular weight is 444 g/mol. The first kappa shape index (κ1) is 24.0. The number of halogens is 1. The van der Waals surface area contributed by atoms with Crippen LogP contribution in [0, 0.1) is 0 Å². The summed E-state index contributed by atoms with van der Waals surface area (Å²) in [7, 11) is 0. The molecule has 0 heterocycles. The monoisotopic (exact) mass is 443 g/mol. The van der Waals surface area contributed by atoms with Crippen molar-refractivity contribution in [1.82, 2.24) is 5.32 Å². The van der Waals surface area contributed by atoms with Crippen LogP contribution < -0.4 is 40.0 Å². The molecule has 0 spiro atoms. The van der Waals surface area contributed by atoms with Gasteiger partial charge in [-0.15, -0.1) is 0 Å². The number of carboxylic acid groups (broad SMARTS) is 1. The van der Waals surface area contributed by atoms with E-state index in [0.717, 1.165) is 36.0 Å². The smallest absolute Gasteiger partial charge is 0.545 e. The summed E-state index contributed by atoms with van der Waals surface area (Å²) in [5, 5.41) is 25.5. The van der Waals surface area contributed by atoms with Crippen LogP contribution >= 0.6 is 11.6 Å². The maximum atomic E-state index is 11.0. The van der Waals surface area contributed by atoms with Gasteiger partial charge in [0.15, 0.2) is 0 Å². The first-order chi connectivity index (χ1) is 14.5. The molecule has 0 bridgehead atoms. The predicted octanol–water partition coefficient (Wildman–Crippen LogP) is 0.555. The topological polar surface area (TPSA) is 72.4 Å². The number of carbonyl (C=O) groups excluding carboxylic acids is 1. The van der Waals surface area contributed by atoms with Crippen LogP contribution in [0.25, 0.3) is 11.1 Å². The molecule has 1 aliphatic rings. The van der Waals surface area contributed by atoms with Gasteiger partial charge in [0.25, 0.3) is 0 Å². The third-order valence-electron chi connectivity index (χ3n) is 5.75. The number of aliphatic hydroxyl groups is 1. The fraction of sp³-hybridized carbons (Fsp3) is 0.240. The fourth-order valence-corrected chi connectivity index (χ4v) is 4.30. The Bertz CT molecular complexity index is 1050. The average Bonchev–Trinajstić information content (AvgIpc) is 2.77. The van der Waals surface area contributed by atoms with E-state index in [9.17, 15) is 15.0 Å². The number of aryl methyl sites for hydroxylation is 1. The van der Waals surface area contributed by atoms with Gasteiger partial charge in [-0.05, 0) is 53.1 Å². The second-order valence-corrected chi connectivity index (χ2v) is 8.14. The molecule has 4 nitrogen and oxygen atoms in total. The van der Waals surface area contributed by atoms with Gasteiger partial charge < -0.3 is 20.3 Å². The number of nitrogens with one attached hydrogen (secondary N) is 1. The molecule has 2 N–H and O–H groups in total. The number of rotatable bonds is 6. The van der Waals surface area contributed by atoms with E-state index in [1.54, 1.807) is 18.2 Å². The second kappa shape index (κ2) is 10.8. The number of hydrogen-bond donors (Lipinski definition) is 2. The third-order valence-corrected chi connectivity index (χ3v) is 6.10. The van der Waals surface area contributed by atoms with Gasteiger partial charge >= 0.3 is 29.6 Å². The van der Waals surface area contributed by atoms with Crippen LogP contribution in [0.5, 0.6) is 0 Å². The van der Waals surface area contributed by atoms with Crippen LogP contribution in [-0.4, -0.2) is 23.7 Å². The summed E-state index contributed by atoms with van der Waals surface area (Å²) in [5.41, 5.74) is 5.59. The standard InChI is InChI=1S/C25H24ClNO3.Na/c26-23-4-2-1-3-22(23)24(28)15-27-21-12-11-17-7-10-19(13-20(17)14-21)16-5-8-18(9-6-16)25(29)30;/h1-10,13,21,24,27-28H,11-12,14-15H2,(H,29,30);/q;+1/p-1/t21-,24-;/m0./s1. The first-order valence-corrected chi connectivity index (χ1v) is 10.5. The van der Waals surface area contributed by atoms with Crippen molar-refractivity contribution in [2.75, 3.05) is 6.54 Å². The molecule has 4 rings (SSSR count). The van der Waals surface area contributed by atoms with Gasteiger partial charge in [0, 0.05) is 23.2 Å². The Labute approximate surface area is 209 Å². The van der Waals surface area contributed by atoms with Gasteiger partial charge in [0.05, 0.1) is 12.1 Å². The molecule has 0 saturated carbocycles. The molecule has 0 aromatic heterocycles. The summed E-state index contributed by atoms with van der Waals surface area (Å²) in [5.74, 6) is -1.17. The summed E-state index contributed by atoms with van der Waals surface area (Å²) in [6, 6.07) is 20.9. The Balaban J connectivity index is 0.00000272. The van der Waals surface area contributed by atoms with Crippen molar-refractivity contribution in [3.63, 3.8) is 0 Å². The molecule has 0 amide bonds. The molecular formula is C25H23ClNNaO3. The minimum atomic E-state index is -1.17. The molecule has 3 aromatic carbocycles. The van der Waals surface area contributed by atoms with E-state index in [-0.39, 0.29) is 41.2 Å². The first-order valence-electron chi connectivity index (χ1n) is 10.1. The zero-order valence-electron chi connectivity index (χ0n) is 17.5. The Morgan fingerprint density at radius 3 is 2.48 bits per heavy atom. The van der Waals surface area contributed by atoms with Crippen molar-refractivity contribution >= 4 is 17.6 Å². The summed E-state index contributed by atoms with van der Waals surface area (Å²) in [6.07, 6.45) is 2.24. The van der Waals surface area contributed by atoms with Crippen LogP contribution in [0.2, 0.25) is 5.02 Å². The molecule has 0 radical (unpaired) electrons. The van der Waals surface area contributed by atoms with E-state index < -0.39 is 12.1 Å². The van der Waals surface area contributed by atoms with Crippen molar-refractivity contribution in [3.8, 4) is 11.1 Å². The van der Waals surface area contributed by atoms with Crippen LogP contribution in [0.4, 0.5) is 0 Å². The van der Waals surface area contributed by atoms with Crippen molar-refractivity contribution in [2.45, 2.75) is 31.4 Å². The van der Waals surface area contributed by atoms with Gasteiger partial charge in [-0.1, -0.05) is 72.3 Å². The number of benzene rings is 3. The predicted molar refractivity (Wildman–Crippen MR) is 116 cm³/mol. The third kappa shape index (κ3) is 5.78. The minimum absolute atomic E-state index is 0. The summed E-state index contributed by atoms with van der Waals surface area (Å²) < 4.78 is 0. The van der Waals surface area contributed by atoms with Gasteiger partial charge in [-0.2, -0.15) is 0 Å². The summed E-state index contributed by atoms with van der Waals surface area (Å²) in [6.45, 7) is 0.452. The summed E-state index contributed by atoms with van der Waals surface area (Å²) in [4.78, 5) is 11.0. The van der Waals surface area contributed by atoms with E-state index in [2.05, 4.69) is 23.5 Å². The molecular weight excluding hydrogens is 421 g/mol. The fourth-order valence-electron chi connectivity index (χ4n) is 4.04. The molecule has 2 atom stereocenters. The van der Waals surface area contributed by atoms with Crippen LogP contribution in [0.1, 0.15) is 39.6 Å². The van der Waals surface area contributed by atoms with E-state index in [0.29, 0.717) is 11.6 Å². The van der Waals surface area contributed by atoms with E-state index in [1.807, 2.05) is 30.3 Å². The van der Waals surface area contributed by atoms with Crippen LogP contribution in [0.3, 0.4) is 0 Å². The normalized spacial score (nSPS) is 16.1. The molecule has 6 heteroatoms. The maximum Gasteiger partial charge on any atom is 1.00 e. The molecule has 0 unspecified atom stereocenters. The number of fused-ring (bicyclic) bond motifs is 1. The molecule has 0 fully saturated rings. The summed E-state index contributed by atoms with van der Waals surface area (Å²) >= 11 is 6.19. The largest absolute Gasteiger partial charge is 1.00 e. The second-order valence-electron chi connectivity index (χ2n) is 7.73. The Kier molecular flexibility index (Phi) is 8.34. The van der Waals surface area contributed by atoms with E-state index in [4.69, 9.17) is 11.6 Å². The zero-order chi connectivity index (χ0) is 21.1. The quantitative estimate of drug-likeness (QED) is 0.546. The number of carboxylic acids is 1. The maximum absolute atomic E-state index is 11.0. The van der Waals surface area contributed by atoms with Gasteiger partial charge in [-0.3, -0.25) is 0 Å².